The van der Waals surface area contributed by atoms with Gasteiger partial charge in [0.25, 0.3) is 0 Å². The molecule has 118 valence electrons. The maximum Gasteiger partial charge on any atom is 0.238 e. The molecule has 0 aliphatic carbocycles. The number of amides is 1. The molecule has 2 atom stereocenters. The Bertz CT molecular complexity index is 496. The summed E-state index contributed by atoms with van der Waals surface area (Å²) in [6.45, 7) is 6.20. The van der Waals surface area contributed by atoms with Crippen LogP contribution in [-0.2, 0) is 4.79 Å². The highest BCUT2D eigenvalue weighted by Gasteiger charge is 2.24. The molecule has 2 unspecified atom stereocenters. The van der Waals surface area contributed by atoms with E-state index in [0.717, 1.165) is 30.8 Å². The molecular weight excluding hydrogens is 309 g/mol. The van der Waals surface area contributed by atoms with Crippen molar-refractivity contribution in [2.24, 2.45) is 11.7 Å². The van der Waals surface area contributed by atoms with E-state index >= 15 is 0 Å². The summed E-state index contributed by atoms with van der Waals surface area (Å²) in [6.07, 6.45) is 0.949. The number of benzene rings is 1. The van der Waals surface area contributed by atoms with E-state index in [9.17, 15) is 4.79 Å². The number of hydrogen-bond donors (Lipinski definition) is 2. The Balaban J connectivity index is 0.00000220. The van der Waals surface area contributed by atoms with E-state index in [1.807, 2.05) is 25.1 Å². The number of piperidine rings is 1. The number of nitrogens with zero attached hydrogens (tertiary/aromatic N) is 1. The van der Waals surface area contributed by atoms with Crippen LogP contribution in [0.2, 0.25) is 5.02 Å². The molecule has 2 rings (SSSR count). The van der Waals surface area contributed by atoms with Crippen LogP contribution in [0.1, 0.15) is 18.9 Å². The van der Waals surface area contributed by atoms with Gasteiger partial charge in [0.05, 0.1) is 6.54 Å². The highest BCUT2D eigenvalue weighted by molar-refractivity contribution is 6.31. The number of rotatable bonds is 3. The zero-order valence-corrected chi connectivity index (χ0v) is 14.0. The van der Waals surface area contributed by atoms with Crippen LogP contribution in [0.3, 0.4) is 0 Å². The number of carbonyl (C=O) groups is 1. The molecule has 0 radical (unpaired) electrons. The fourth-order valence-corrected chi connectivity index (χ4v) is 2.70. The Labute approximate surface area is 137 Å². The number of hydrogen-bond acceptors (Lipinski definition) is 3. The quantitative estimate of drug-likeness (QED) is 0.895. The number of carbonyl (C=O) groups excluding carboxylic acids is 1. The lowest BCUT2D eigenvalue weighted by molar-refractivity contribution is -0.117. The highest BCUT2D eigenvalue weighted by atomic mass is 35.5. The van der Waals surface area contributed by atoms with Crippen molar-refractivity contribution in [3.8, 4) is 0 Å². The molecule has 6 heteroatoms. The molecule has 0 spiro atoms. The van der Waals surface area contributed by atoms with Gasteiger partial charge in [-0.2, -0.15) is 0 Å². The largest absolute Gasteiger partial charge is 0.327 e. The van der Waals surface area contributed by atoms with Crippen LogP contribution in [0, 0.1) is 12.8 Å². The van der Waals surface area contributed by atoms with Crippen molar-refractivity contribution in [1.29, 1.82) is 0 Å². The molecule has 1 aromatic rings. The van der Waals surface area contributed by atoms with Gasteiger partial charge in [0.15, 0.2) is 0 Å². The third-order valence-corrected chi connectivity index (χ3v) is 4.37. The van der Waals surface area contributed by atoms with Crippen molar-refractivity contribution in [1.82, 2.24) is 4.90 Å². The Kier molecular flexibility index (Phi) is 6.94. The van der Waals surface area contributed by atoms with E-state index < -0.39 is 0 Å². The van der Waals surface area contributed by atoms with Gasteiger partial charge in [-0.25, -0.2) is 0 Å². The van der Waals surface area contributed by atoms with Crippen LogP contribution in [0.5, 0.6) is 0 Å². The van der Waals surface area contributed by atoms with Crippen LogP contribution in [0.15, 0.2) is 18.2 Å². The first-order chi connectivity index (χ1) is 9.47. The van der Waals surface area contributed by atoms with Gasteiger partial charge in [0.2, 0.25) is 5.91 Å². The molecule has 1 fully saturated rings. The predicted octanol–water partition coefficient (Wildman–Crippen LogP) is 2.68. The fourth-order valence-electron chi connectivity index (χ4n) is 2.53. The fraction of sp³-hybridized carbons (Fsp3) is 0.533. The van der Waals surface area contributed by atoms with Gasteiger partial charge in [0.1, 0.15) is 0 Å². The Hall–Kier alpha value is -0.810. The van der Waals surface area contributed by atoms with Gasteiger partial charge in [-0.1, -0.05) is 24.6 Å². The lowest BCUT2D eigenvalue weighted by atomic mass is 9.95. The number of nitrogens with one attached hydrogen (secondary N) is 1. The SMILES string of the molecule is Cc1c(Cl)cccc1NC(=O)CN1CCC(N)C(C)C1.Cl. The Morgan fingerprint density at radius 3 is 2.90 bits per heavy atom. The summed E-state index contributed by atoms with van der Waals surface area (Å²) >= 11 is 6.05. The Morgan fingerprint density at radius 2 is 2.24 bits per heavy atom. The normalized spacial score (nSPS) is 22.5. The molecule has 3 N–H and O–H groups in total. The molecule has 1 aromatic carbocycles. The second-order valence-electron chi connectivity index (χ2n) is 5.63. The first-order valence-corrected chi connectivity index (χ1v) is 7.38. The molecule has 1 aliphatic rings. The number of likely N-dealkylation sites (tertiary alicyclic amines) is 1. The molecule has 1 saturated heterocycles. The van der Waals surface area contributed by atoms with Gasteiger partial charge in [0, 0.05) is 29.8 Å². The van der Waals surface area contributed by atoms with E-state index in [1.54, 1.807) is 0 Å². The van der Waals surface area contributed by atoms with Crippen LogP contribution >= 0.6 is 24.0 Å². The minimum absolute atomic E-state index is 0. The van der Waals surface area contributed by atoms with Crippen molar-refractivity contribution >= 4 is 35.6 Å². The maximum atomic E-state index is 12.1. The van der Waals surface area contributed by atoms with Gasteiger partial charge in [-0.15, -0.1) is 12.4 Å². The predicted molar refractivity (Wildman–Crippen MR) is 90.3 cm³/mol. The summed E-state index contributed by atoms with van der Waals surface area (Å²) in [4.78, 5) is 14.3. The van der Waals surface area contributed by atoms with Crippen molar-refractivity contribution in [2.45, 2.75) is 26.3 Å². The lowest BCUT2D eigenvalue weighted by Gasteiger charge is -2.34. The molecule has 1 heterocycles. The lowest BCUT2D eigenvalue weighted by Crippen LogP contribution is -2.48. The summed E-state index contributed by atoms with van der Waals surface area (Å²) in [5.74, 6) is 0.433. The van der Waals surface area contributed by atoms with Crippen LogP contribution < -0.4 is 11.1 Å². The van der Waals surface area contributed by atoms with Crippen LogP contribution in [0.4, 0.5) is 5.69 Å². The van der Waals surface area contributed by atoms with E-state index in [-0.39, 0.29) is 24.4 Å². The van der Waals surface area contributed by atoms with Gasteiger partial charge in [-0.05, 0) is 37.0 Å². The minimum atomic E-state index is -0.00182. The third kappa shape index (κ3) is 4.85. The number of halogens is 2. The molecule has 1 amide bonds. The summed E-state index contributed by atoms with van der Waals surface area (Å²) in [5.41, 5.74) is 7.67. The van der Waals surface area contributed by atoms with Crippen molar-refractivity contribution in [3.05, 3.63) is 28.8 Å². The standard InChI is InChI=1S/C15H22ClN3O.ClH/c1-10-8-19(7-6-13(10)17)9-15(20)18-14-5-3-4-12(16)11(14)2;/h3-5,10,13H,6-9,17H2,1-2H3,(H,18,20);1H. The van der Waals surface area contributed by atoms with E-state index in [1.165, 1.54) is 0 Å². The summed E-state index contributed by atoms with van der Waals surface area (Å²) < 4.78 is 0. The highest BCUT2D eigenvalue weighted by Crippen LogP contribution is 2.23. The molecule has 1 aliphatic heterocycles. The molecule has 21 heavy (non-hydrogen) atoms. The third-order valence-electron chi connectivity index (χ3n) is 3.96. The Morgan fingerprint density at radius 1 is 1.52 bits per heavy atom. The van der Waals surface area contributed by atoms with Gasteiger partial charge >= 0.3 is 0 Å². The summed E-state index contributed by atoms with van der Waals surface area (Å²) in [7, 11) is 0. The van der Waals surface area contributed by atoms with Gasteiger partial charge in [-0.3, -0.25) is 9.69 Å². The van der Waals surface area contributed by atoms with Crippen molar-refractivity contribution in [2.75, 3.05) is 25.0 Å². The van der Waals surface area contributed by atoms with E-state index in [2.05, 4.69) is 17.1 Å². The average molecular weight is 332 g/mol. The zero-order chi connectivity index (χ0) is 14.7. The molecule has 0 saturated carbocycles. The number of nitrogens with two attached hydrogens (primary N) is 1. The van der Waals surface area contributed by atoms with Crippen molar-refractivity contribution < 1.29 is 4.79 Å². The average Bonchev–Trinajstić information content (AvgIpc) is 2.39. The smallest absolute Gasteiger partial charge is 0.238 e. The summed E-state index contributed by atoms with van der Waals surface area (Å²) in [6, 6.07) is 5.78. The van der Waals surface area contributed by atoms with E-state index in [4.69, 9.17) is 17.3 Å². The molecular formula is C15H23Cl2N3O. The summed E-state index contributed by atoms with van der Waals surface area (Å²) in [5, 5.41) is 3.60. The second-order valence-corrected chi connectivity index (χ2v) is 6.03. The molecule has 0 bridgehead atoms. The zero-order valence-electron chi connectivity index (χ0n) is 12.4. The monoisotopic (exact) mass is 331 g/mol. The maximum absolute atomic E-state index is 12.1. The van der Waals surface area contributed by atoms with Crippen LogP contribution in [-0.4, -0.2) is 36.5 Å². The number of anilines is 1. The molecule has 4 nitrogen and oxygen atoms in total. The van der Waals surface area contributed by atoms with Gasteiger partial charge < -0.3 is 11.1 Å². The minimum Gasteiger partial charge on any atom is -0.327 e. The second kappa shape index (κ2) is 7.99. The molecule has 0 aromatic heterocycles. The first kappa shape index (κ1) is 18.2. The van der Waals surface area contributed by atoms with Crippen molar-refractivity contribution in [3.63, 3.8) is 0 Å². The first-order valence-electron chi connectivity index (χ1n) is 7.00. The topological polar surface area (TPSA) is 58.4 Å². The van der Waals surface area contributed by atoms with E-state index in [0.29, 0.717) is 17.5 Å². The van der Waals surface area contributed by atoms with Crippen LogP contribution in [0.25, 0.3) is 0 Å².